The van der Waals surface area contributed by atoms with E-state index in [0.717, 1.165) is 11.8 Å². The molecule has 0 saturated carbocycles. The molecule has 0 unspecified atom stereocenters. The third-order valence-electron chi connectivity index (χ3n) is 2.48. The lowest BCUT2D eigenvalue weighted by Crippen LogP contribution is -1.92. The number of nitrogens with zero attached hydrogens (tertiary/aromatic N) is 1. The summed E-state index contributed by atoms with van der Waals surface area (Å²) in [4.78, 5) is 14.6. The highest BCUT2D eigenvalue weighted by Crippen LogP contribution is 2.25. The molecule has 2 rings (SSSR count). The summed E-state index contributed by atoms with van der Waals surface area (Å²) >= 11 is 0. The number of aliphatic carboxylic acids is 1. The smallest absolute Gasteiger partial charge is 0.328 e. The Balaban J connectivity index is 2.21. The number of carbonyl (C=O) groups is 1. The summed E-state index contributed by atoms with van der Waals surface area (Å²) < 4.78 is 10.7. The van der Waals surface area contributed by atoms with Crippen molar-refractivity contribution < 1.29 is 19.4 Å². The maximum absolute atomic E-state index is 10.6. The van der Waals surface area contributed by atoms with Gasteiger partial charge in [0.25, 0.3) is 0 Å². The molecule has 1 heterocycles. The van der Waals surface area contributed by atoms with Crippen LogP contribution in [0.2, 0.25) is 0 Å². The average Bonchev–Trinajstić information content (AvgIpc) is 2.47. The molecule has 0 aliphatic rings. The number of methoxy groups -OCH3 is 1. The first kappa shape index (κ1) is 13.6. The van der Waals surface area contributed by atoms with Crippen LogP contribution in [0.4, 0.5) is 0 Å². The number of hydrogen-bond acceptors (Lipinski definition) is 4. The third-order valence-corrected chi connectivity index (χ3v) is 2.48. The second-order valence-electron chi connectivity index (χ2n) is 3.85. The molecule has 1 N–H and O–H groups in total. The molecule has 1 aromatic heterocycles. The molecule has 5 heteroatoms. The Morgan fingerprint density at radius 3 is 2.55 bits per heavy atom. The first-order chi connectivity index (χ1) is 9.69. The van der Waals surface area contributed by atoms with E-state index in [2.05, 4.69) is 4.98 Å². The third kappa shape index (κ3) is 3.58. The van der Waals surface area contributed by atoms with E-state index in [1.165, 1.54) is 6.08 Å². The van der Waals surface area contributed by atoms with Crippen molar-refractivity contribution in [3.8, 4) is 17.4 Å². The summed E-state index contributed by atoms with van der Waals surface area (Å²) in [6.07, 6.45) is 4.06. The van der Waals surface area contributed by atoms with Gasteiger partial charge in [-0.25, -0.2) is 9.78 Å². The Morgan fingerprint density at radius 1 is 1.20 bits per heavy atom. The monoisotopic (exact) mass is 271 g/mol. The molecular formula is C15H13NO4. The van der Waals surface area contributed by atoms with Crippen LogP contribution in [0.15, 0.2) is 48.7 Å². The quantitative estimate of drug-likeness (QED) is 0.847. The van der Waals surface area contributed by atoms with Crippen LogP contribution in [0.1, 0.15) is 5.56 Å². The van der Waals surface area contributed by atoms with Gasteiger partial charge in [-0.15, -0.1) is 0 Å². The van der Waals surface area contributed by atoms with Gasteiger partial charge in [0.05, 0.1) is 7.11 Å². The standard InChI is InChI=1S/C15H13NO4/c1-19-12-5-7-13(8-6-12)20-15-11(3-2-10-16-15)4-9-14(17)18/h2-10H,1H3,(H,17,18)/b9-4+. The van der Waals surface area contributed by atoms with E-state index >= 15 is 0 Å². The van der Waals surface area contributed by atoms with Crippen molar-refractivity contribution in [1.82, 2.24) is 4.98 Å². The minimum Gasteiger partial charge on any atom is -0.497 e. The van der Waals surface area contributed by atoms with Gasteiger partial charge in [-0.3, -0.25) is 0 Å². The summed E-state index contributed by atoms with van der Waals surface area (Å²) in [7, 11) is 1.59. The second-order valence-corrected chi connectivity index (χ2v) is 3.85. The molecule has 0 aliphatic heterocycles. The molecule has 5 nitrogen and oxygen atoms in total. The van der Waals surface area contributed by atoms with Crippen LogP contribution in [-0.4, -0.2) is 23.2 Å². The molecule has 0 saturated heterocycles. The first-order valence-electron chi connectivity index (χ1n) is 5.87. The number of carboxylic acid groups (broad SMARTS) is 1. The average molecular weight is 271 g/mol. The summed E-state index contributed by atoms with van der Waals surface area (Å²) in [6.45, 7) is 0. The van der Waals surface area contributed by atoms with Gasteiger partial charge in [0.15, 0.2) is 0 Å². The Hall–Kier alpha value is -2.82. The molecule has 0 radical (unpaired) electrons. The molecule has 1 aromatic carbocycles. The highest BCUT2D eigenvalue weighted by Gasteiger charge is 2.04. The van der Waals surface area contributed by atoms with Gasteiger partial charge in [0, 0.05) is 17.8 Å². The van der Waals surface area contributed by atoms with E-state index in [1.54, 1.807) is 49.7 Å². The number of ether oxygens (including phenoxy) is 2. The fourth-order valence-corrected chi connectivity index (χ4v) is 1.53. The van der Waals surface area contributed by atoms with E-state index < -0.39 is 5.97 Å². The molecule has 102 valence electrons. The van der Waals surface area contributed by atoms with Crippen LogP contribution in [0.5, 0.6) is 17.4 Å². The van der Waals surface area contributed by atoms with Crippen LogP contribution in [0.25, 0.3) is 6.08 Å². The largest absolute Gasteiger partial charge is 0.497 e. The lowest BCUT2D eigenvalue weighted by molar-refractivity contribution is -0.131. The van der Waals surface area contributed by atoms with Crippen LogP contribution < -0.4 is 9.47 Å². The Morgan fingerprint density at radius 2 is 1.90 bits per heavy atom. The molecule has 0 fully saturated rings. The van der Waals surface area contributed by atoms with Gasteiger partial charge in [-0.05, 0) is 42.5 Å². The van der Waals surface area contributed by atoms with Crippen molar-refractivity contribution in [1.29, 1.82) is 0 Å². The van der Waals surface area contributed by atoms with Gasteiger partial charge in [-0.2, -0.15) is 0 Å². The highest BCUT2D eigenvalue weighted by molar-refractivity contribution is 5.85. The van der Waals surface area contributed by atoms with Gasteiger partial charge >= 0.3 is 5.97 Å². The van der Waals surface area contributed by atoms with Crippen LogP contribution in [-0.2, 0) is 4.79 Å². The molecule has 0 aliphatic carbocycles. The Kier molecular flexibility index (Phi) is 4.34. The predicted octanol–water partition coefficient (Wildman–Crippen LogP) is 2.98. The number of carboxylic acids is 1. The van der Waals surface area contributed by atoms with Crippen LogP contribution in [0.3, 0.4) is 0 Å². The van der Waals surface area contributed by atoms with Crippen molar-refractivity contribution in [3.05, 3.63) is 54.2 Å². The summed E-state index contributed by atoms with van der Waals surface area (Å²) in [5.74, 6) is 0.637. The number of aromatic nitrogens is 1. The molecule has 0 atom stereocenters. The van der Waals surface area contributed by atoms with E-state index in [-0.39, 0.29) is 0 Å². The Labute approximate surface area is 116 Å². The summed E-state index contributed by atoms with van der Waals surface area (Å²) in [5, 5.41) is 8.65. The fraction of sp³-hybridized carbons (Fsp3) is 0.0667. The summed E-state index contributed by atoms with van der Waals surface area (Å²) in [6, 6.07) is 10.5. The lowest BCUT2D eigenvalue weighted by Gasteiger charge is -2.07. The van der Waals surface area contributed by atoms with Gasteiger partial charge in [-0.1, -0.05) is 0 Å². The zero-order chi connectivity index (χ0) is 14.4. The van der Waals surface area contributed by atoms with Crippen LogP contribution in [0, 0.1) is 0 Å². The number of hydrogen-bond donors (Lipinski definition) is 1. The number of rotatable bonds is 5. The highest BCUT2D eigenvalue weighted by atomic mass is 16.5. The minimum absolute atomic E-state index is 0.343. The van der Waals surface area contributed by atoms with E-state index in [9.17, 15) is 4.79 Å². The molecule has 0 spiro atoms. The molecule has 20 heavy (non-hydrogen) atoms. The van der Waals surface area contributed by atoms with Crippen molar-refractivity contribution in [2.45, 2.75) is 0 Å². The Bertz CT molecular complexity index is 620. The van der Waals surface area contributed by atoms with E-state index in [4.69, 9.17) is 14.6 Å². The predicted molar refractivity (Wildman–Crippen MR) is 74.0 cm³/mol. The fourth-order valence-electron chi connectivity index (χ4n) is 1.53. The van der Waals surface area contributed by atoms with Crippen molar-refractivity contribution in [2.75, 3.05) is 7.11 Å². The molecule has 0 bridgehead atoms. The van der Waals surface area contributed by atoms with Crippen molar-refractivity contribution in [2.24, 2.45) is 0 Å². The zero-order valence-corrected chi connectivity index (χ0v) is 10.8. The zero-order valence-electron chi connectivity index (χ0n) is 10.8. The topological polar surface area (TPSA) is 68.7 Å². The minimum atomic E-state index is -1.02. The summed E-state index contributed by atoms with van der Waals surface area (Å²) in [5.41, 5.74) is 0.589. The SMILES string of the molecule is COc1ccc(Oc2ncccc2/C=C/C(=O)O)cc1. The first-order valence-corrected chi connectivity index (χ1v) is 5.87. The van der Waals surface area contributed by atoms with E-state index in [1.807, 2.05) is 0 Å². The molecule has 0 amide bonds. The van der Waals surface area contributed by atoms with Gasteiger partial charge in [0.1, 0.15) is 11.5 Å². The lowest BCUT2D eigenvalue weighted by atomic mass is 10.2. The van der Waals surface area contributed by atoms with Crippen molar-refractivity contribution >= 4 is 12.0 Å². The molecular weight excluding hydrogens is 258 g/mol. The van der Waals surface area contributed by atoms with Gasteiger partial charge < -0.3 is 14.6 Å². The number of benzene rings is 1. The maximum atomic E-state index is 10.6. The number of pyridine rings is 1. The van der Waals surface area contributed by atoms with Crippen LogP contribution >= 0.6 is 0 Å². The normalized spacial score (nSPS) is 10.4. The molecule has 2 aromatic rings. The van der Waals surface area contributed by atoms with E-state index in [0.29, 0.717) is 17.2 Å². The maximum Gasteiger partial charge on any atom is 0.328 e. The van der Waals surface area contributed by atoms with Gasteiger partial charge in [0.2, 0.25) is 5.88 Å². The second kappa shape index (κ2) is 6.38. The van der Waals surface area contributed by atoms with Crippen molar-refractivity contribution in [3.63, 3.8) is 0 Å².